The Morgan fingerprint density at radius 2 is 1.61 bits per heavy atom. The van der Waals surface area contributed by atoms with Gasteiger partial charge in [0.15, 0.2) is 0 Å². The number of nitrogens with zero attached hydrogens (tertiary/aromatic N) is 3. The average molecular weight is 505 g/mol. The highest BCUT2D eigenvalue weighted by Crippen LogP contribution is 2.28. The van der Waals surface area contributed by atoms with Gasteiger partial charge in [0, 0.05) is 31.8 Å². The zero-order valence-electron chi connectivity index (χ0n) is 19.7. The Morgan fingerprint density at radius 3 is 2.31 bits per heavy atom. The second-order valence-electron chi connectivity index (χ2n) is 8.16. The van der Waals surface area contributed by atoms with Gasteiger partial charge in [0.25, 0.3) is 0 Å². The van der Waals surface area contributed by atoms with E-state index in [4.69, 9.17) is 0 Å². The summed E-state index contributed by atoms with van der Waals surface area (Å²) in [7, 11) is 3.92. The maximum absolute atomic E-state index is 13.9. The molecule has 1 heterocycles. The lowest BCUT2D eigenvalue weighted by Gasteiger charge is -2.18. The van der Waals surface area contributed by atoms with E-state index in [-0.39, 0.29) is 12.1 Å². The van der Waals surface area contributed by atoms with Gasteiger partial charge in [-0.3, -0.25) is 10.1 Å². The first-order valence-electron chi connectivity index (χ1n) is 11.2. The van der Waals surface area contributed by atoms with E-state index in [1.54, 1.807) is 6.07 Å². The molecule has 184 valence electrons. The second-order valence-corrected chi connectivity index (χ2v) is 9.14. The number of para-hydroxylation sites is 1. The van der Waals surface area contributed by atoms with Gasteiger partial charge in [-0.1, -0.05) is 53.8 Å². The lowest BCUT2D eigenvalue weighted by molar-refractivity contribution is -0.117. The van der Waals surface area contributed by atoms with Crippen molar-refractivity contribution in [1.82, 2.24) is 15.5 Å². The zero-order chi connectivity index (χ0) is 25.5. The van der Waals surface area contributed by atoms with Gasteiger partial charge in [-0.15, -0.1) is 10.2 Å². The van der Waals surface area contributed by atoms with Crippen molar-refractivity contribution in [2.75, 3.05) is 29.6 Å². The standard InChI is InChI=1S/C26H25FN6O2S/c1-33(2)19-14-12-18(13-15-19)24-31-32-26(36-24)30-23(34)22(16-17-8-4-3-5-9-17)29-25(35)28-21-11-7-6-10-20(21)27/h3-15,22H,16H2,1-2H3,(H2,28,29,35)(H,30,32,34). The number of anilines is 3. The van der Waals surface area contributed by atoms with Crippen molar-refractivity contribution in [3.63, 3.8) is 0 Å². The Bertz CT molecular complexity index is 1330. The second kappa shape index (κ2) is 11.4. The highest BCUT2D eigenvalue weighted by molar-refractivity contribution is 7.18. The maximum atomic E-state index is 13.9. The Balaban J connectivity index is 1.47. The Morgan fingerprint density at radius 1 is 0.917 bits per heavy atom. The van der Waals surface area contributed by atoms with Crippen LogP contribution in [0.25, 0.3) is 10.6 Å². The topological polar surface area (TPSA) is 99.2 Å². The summed E-state index contributed by atoms with van der Waals surface area (Å²) < 4.78 is 13.9. The summed E-state index contributed by atoms with van der Waals surface area (Å²) in [6, 6.07) is 21.3. The van der Waals surface area contributed by atoms with Crippen LogP contribution < -0.4 is 20.9 Å². The highest BCUT2D eigenvalue weighted by Gasteiger charge is 2.23. The van der Waals surface area contributed by atoms with Gasteiger partial charge in [-0.25, -0.2) is 9.18 Å². The number of carbonyl (C=O) groups excluding carboxylic acids is 2. The van der Waals surface area contributed by atoms with Crippen molar-refractivity contribution in [1.29, 1.82) is 0 Å². The van der Waals surface area contributed by atoms with Crippen LogP contribution in [0.2, 0.25) is 0 Å². The maximum Gasteiger partial charge on any atom is 0.319 e. The van der Waals surface area contributed by atoms with Crippen molar-refractivity contribution < 1.29 is 14.0 Å². The van der Waals surface area contributed by atoms with E-state index < -0.39 is 23.8 Å². The minimum atomic E-state index is -0.939. The van der Waals surface area contributed by atoms with E-state index in [9.17, 15) is 14.0 Å². The van der Waals surface area contributed by atoms with Gasteiger partial charge in [0.05, 0.1) is 5.69 Å². The molecule has 4 aromatic rings. The number of urea groups is 1. The highest BCUT2D eigenvalue weighted by atomic mass is 32.1. The SMILES string of the molecule is CN(C)c1ccc(-c2nnc(NC(=O)C(Cc3ccccc3)NC(=O)Nc3ccccc3F)s2)cc1. The number of halogens is 1. The van der Waals surface area contributed by atoms with Crippen LogP contribution in [0.3, 0.4) is 0 Å². The van der Waals surface area contributed by atoms with Gasteiger partial charge in [0.2, 0.25) is 11.0 Å². The van der Waals surface area contributed by atoms with Gasteiger partial charge < -0.3 is 15.5 Å². The Hall–Kier alpha value is -4.31. The van der Waals surface area contributed by atoms with E-state index in [0.29, 0.717) is 10.1 Å². The van der Waals surface area contributed by atoms with Crippen LogP contribution in [0, 0.1) is 5.82 Å². The molecule has 3 amide bonds. The molecule has 1 aromatic heterocycles. The van der Waals surface area contributed by atoms with E-state index in [1.807, 2.05) is 73.6 Å². The zero-order valence-corrected chi connectivity index (χ0v) is 20.6. The fourth-order valence-corrected chi connectivity index (χ4v) is 4.18. The fourth-order valence-electron chi connectivity index (χ4n) is 3.42. The lowest BCUT2D eigenvalue weighted by atomic mass is 10.1. The molecule has 8 nitrogen and oxygen atoms in total. The number of nitrogens with one attached hydrogen (secondary N) is 3. The number of carbonyl (C=O) groups is 2. The molecular formula is C26H25FN6O2S. The summed E-state index contributed by atoms with van der Waals surface area (Å²) >= 11 is 1.23. The van der Waals surface area contributed by atoms with Crippen LogP contribution >= 0.6 is 11.3 Å². The largest absolute Gasteiger partial charge is 0.378 e. The summed E-state index contributed by atoms with van der Waals surface area (Å²) in [5, 5.41) is 17.1. The molecule has 3 N–H and O–H groups in total. The number of benzene rings is 3. The van der Waals surface area contributed by atoms with Crippen LogP contribution in [0.1, 0.15) is 5.56 Å². The number of aromatic nitrogens is 2. The molecule has 0 radical (unpaired) electrons. The van der Waals surface area contributed by atoms with Crippen LogP contribution in [-0.2, 0) is 11.2 Å². The molecule has 36 heavy (non-hydrogen) atoms. The third-order valence-electron chi connectivity index (χ3n) is 5.31. The number of amides is 3. The molecule has 1 unspecified atom stereocenters. The quantitative estimate of drug-likeness (QED) is 0.321. The molecule has 0 spiro atoms. The number of rotatable bonds is 8. The molecule has 0 saturated heterocycles. The minimum absolute atomic E-state index is 0.0166. The molecule has 0 bridgehead atoms. The van der Waals surface area contributed by atoms with Crippen LogP contribution in [0.5, 0.6) is 0 Å². The molecule has 0 aliphatic rings. The van der Waals surface area contributed by atoms with Crippen LogP contribution in [0.4, 0.5) is 25.7 Å². The Kier molecular flexibility index (Phi) is 7.86. The summed E-state index contributed by atoms with van der Waals surface area (Å²) in [5.74, 6) is -1.04. The molecule has 1 atom stereocenters. The average Bonchev–Trinajstić information content (AvgIpc) is 3.34. The fraction of sp³-hybridized carbons (Fsp3) is 0.154. The summed E-state index contributed by atoms with van der Waals surface area (Å²) in [6.45, 7) is 0. The molecule has 3 aromatic carbocycles. The van der Waals surface area contributed by atoms with Gasteiger partial charge >= 0.3 is 6.03 Å². The molecular weight excluding hydrogens is 479 g/mol. The predicted octanol–water partition coefficient (Wildman–Crippen LogP) is 4.78. The first kappa shape index (κ1) is 24.8. The normalized spacial score (nSPS) is 11.4. The summed E-state index contributed by atoms with van der Waals surface area (Å²) in [4.78, 5) is 27.7. The predicted molar refractivity (Wildman–Crippen MR) is 141 cm³/mol. The van der Waals surface area contributed by atoms with Gasteiger partial charge in [-0.2, -0.15) is 0 Å². The smallest absolute Gasteiger partial charge is 0.319 e. The number of hydrogen-bond donors (Lipinski definition) is 3. The molecule has 10 heteroatoms. The van der Waals surface area contributed by atoms with Crippen LogP contribution in [0.15, 0.2) is 78.9 Å². The van der Waals surface area contributed by atoms with E-state index in [1.165, 1.54) is 29.5 Å². The van der Waals surface area contributed by atoms with E-state index in [0.717, 1.165) is 16.8 Å². The van der Waals surface area contributed by atoms with Crippen LogP contribution in [-0.4, -0.2) is 42.3 Å². The summed E-state index contributed by atoms with van der Waals surface area (Å²) in [6.07, 6.45) is 0.231. The van der Waals surface area contributed by atoms with E-state index in [2.05, 4.69) is 26.1 Å². The minimum Gasteiger partial charge on any atom is -0.378 e. The van der Waals surface area contributed by atoms with Crippen molar-refractivity contribution in [2.45, 2.75) is 12.5 Å². The number of hydrogen-bond acceptors (Lipinski definition) is 6. The first-order valence-corrected chi connectivity index (χ1v) is 12.0. The van der Waals surface area contributed by atoms with Crippen molar-refractivity contribution >= 4 is 39.8 Å². The summed E-state index contributed by atoms with van der Waals surface area (Å²) in [5.41, 5.74) is 2.80. The van der Waals surface area contributed by atoms with Crippen molar-refractivity contribution in [3.05, 3.63) is 90.2 Å². The molecule has 0 saturated carbocycles. The Labute approximate surface area is 212 Å². The molecule has 4 rings (SSSR count). The third-order valence-corrected chi connectivity index (χ3v) is 6.20. The first-order chi connectivity index (χ1) is 17.4. The van der Waals surface area contributed by atoms with Gasteiger partial charge in [-0.05, 0) is 42.0 Å². The molecule has 0 aliphatic carbocycles. The molecule has 0 aliphatic heterocycles. The van der Waals surface area contributed by atoms with Crippen molar-refractivity contribution in [2.24, 2.45) is 0 Å². The monoisotopic (exact) mass is 504 g/mol. The van der Waals surface area contributed by atoms with Crippen molar-refractivity contribution in [3.8, 4) is 10.6 Å². The lowest BCUT2D eigenvalue weighted by Crippen LogP contribution is -2.47. The molecule has 0 fully saturated rings. The third kappa shape index (κ3) is 6.42. The van der Waals surface area contributed by atoms with E-state index >= 15 is 0 Å². The van der Waals surface area contributed by atoms with Gasteiger partial charge in [0.1, 0.15) is 16.9 Å².